The van der Waals surface area contributed by atoms with Gasteiger partial charge in [0, 0.05) is 17.2 Å². The minimum absolute atomic E-state index is 0.0665. The van der Waals surface area contributed by atoms with Crippen LogP contribution in [0.2, 0.25) is 0 Å². The van der Waals surface area contributed by atoms with Gasteiger partial charge in [0.1, 0.15) is 11.5 Å². The molecule has 0 aliphatic heterocycles. The standard InChI is InChI=1S/C17H18O3/c1-11-5-6-13(9-16(11)12(2)18)15-8-7-14(19-3)10-17(15)20-4/h5-10H,1-4H3. The fourth-order valence-corrected chi connectivity index (χ4v) is 2.21. The summed E-state index contributed by atoms with van der Waals surface area (Å²) in [6.45, 7) is 3.52. The molecule has 0 aliphatic carbocycles. The van der Waals surface area contributed by atoms with E-state index in [-0.39, 0.29) is 5.78 Å². The van der Waals surface area contributed by atoms with Crippen molar-refractivity contribution in [3.05, 3.63) is 47.5 Å². The normalized spacial score (nSPS) is 10.2. The molecule has 0 N–H and O–H groups in total. The maximum Gasteiger partial charge on any atom is 0.160 e. The van der Waals surface area contributed by atoms with Gasteiger partial charge in [0.25, 0.3) is 0 Å². The predicted molar refractivity (Wildman–Crippen MR) is 79.7 cm³/mol. The average Bonchev–Trinajstić information content (AvgIpc) is 2.46. The van der Waals surface area contributed by atoms with E-state index < -0.39 is 0 Å². The van der Waals surface area contributed by atoms with E-state index in [2.05, 4.69) is 0 Å². The molecule has 2 rings (SSSR count). The Hall–Kier alpha value is -2.29. The van der Waals surface area contributed by atoms with Crippen molar-refractivity contribution in [2.75, 3.05) is 14.2 Å². The molecule has 0 heterocycles. The van der Waals surface area contributed by atoms with Crippen LogP contribution in [0.4, 0.5) is 0 Å². The summed E-state index contributed by atoms with van der Waals surface area (Å²) in [7, 11) is 3.24. The maximum atomic E-state index is 11.7. The van der Waals surface area contributed by atoms with E-state index in [1.165, 1.54) is 0 Å². The van der Waals surface area contributed by atoms with Crippen molar-refractivity contribution in [3.63, 3.8) is 0 Å². The molecule has 3 nitrogen and oxygen atoms in total. The van der Waals surface area contributed by atoms with Crippen molar-refractivity contribution in [3.8, 4) is 22.6 Å². The SMILES string of the molecule is COc1ccc(-c2ccc(C)c(C(C)=O)c2)c(OC)c1. The van der Waals surface area contributed by atoms with E-state index in [9.17, 15) is 4.79 Å². The van der Waals surface area contributed by atoms with Gasteiger partial charge in [0.2, 0.25) is 0 Å². The van der Waals surface area contributed by atoms with Gasteiger partial charge < -0.3 is 9.47 Å². The van der Waals surface area contributed by atoms with Gasteiger partial charge in [-0.15, -0.1) is 0 Å². The van der Waals surface area contributed by atoms with Crippen molar-refractivity contribution >= 4 is 5.78 Å². The third-order valence-corrected chi connectivity index (χ3v) is 3.34. The Morgan fingerprint density at radius 3 is 2.35 bits per heavy atom. The highest BCUT2D eigenvalue weighted by Crippen LogP contribution is 2.34. The van der Waals surface area contributed by atoms with Crippen LogP contribution in [0, 0.1) is 6.92 Å². The van der Waals surface area contributed by atoms with Crippen LogP contribution in [0.1, 0.15) is 22.8 Å². The summed E-state index contributed by atoms with van der Waals surface area (Å²) in [4.78, 5) is 11.7. The average molecular weight is 270 g/mol. The Balaban J connectivity index is 2.56. The topological polar surface area (TPSA) is 35.5 Å². The fourth-order valence-electron chi connectivity index (χ4n) is 2.21. The molecule has 104 valence electrons. The molecule has 0 atom stereocenters. The van der Waals surface area contributed by atoms with Gasteiger partial charge in [-0.2, -0.15) is 0 Å². The monoisotopic (exact) mass is 270 g/mol. The molecule has 20 heavy (non-hydrogen) atoms. The number of rotatable bonds is 4. The number of benzene rings is 2. The highest BCUT2D eigenvalue weighted by atomic mass is 16.5. The van der Waals surface area contributed by atoms with Gasteiger partial charge in [0.15, 0.2) is 5.78 Å². The smallest absolute Gasteiger partial charge is 0.160 e. The highest BCUT2D eigenvalue weighted by molar-refractivity contribution is 5.97. The highest BCUT2D eigenvalue weighted by Gasteiger charge is 2.11. The summed E-state index contributed by atoms with van der Waals surface area (Å²) in [5.41, 5.74) is 3.62. The number of hydrogen-bond donors (Lipinski definition) is 0. The zero-order chi connectivity index (χ0) is 14.7. The molecular formula is C17H18O3. The largest absolute Gasteiger partial charge is 0.497 e. The van der Waals surface area contributed by atoms with Crippen molar-refractivity contribution in [2.24, 2.45) is 0 Å². The Kier molecular flexibility index (Phi) is 4.08. The molecule has 3 heteroatoms. The molecule has 0 spiro atoms. The minimum Gasteiger partial charge on any atom is -0.497 e. The van der Waals surface area contributed by atoms with Crippen molar-refractivity contribution in [2.45, 2.75) is 13.8 Å². The number of ketones is 1. The van der Waals surface area contributed by atoms with Gasteiger partial charge in [0.05, 0.1) is 14.2 Å². The van der Waals surface area contributed by atoms with E-state index in [0.29, 0.717) is 0 Å². The first-order valence-corrected chi connectivity index (χ1v) is 6.40. The third-order valence-electron chi connectivity index (χ3n) is 3.34. The summed E-state index contributed by atoms with van der Waals surface area (Å²) >= 11 is 0. The number of aryl methyl sites for hydroxylation is 1. The van der Waals surface area contributed by atoms with E-state index in [1.807, 2.05) is 43.3 Å². The van der Waals surface area contributed by atoms with E-state index >= 15 is 0 Å². The van der Waals surface area contributed by atoms with Gasteiger partial charge in [-0.3, -0.25) is 4.79 Å². The third kappa shape index (κ3) is 2.67. The molecule has 0 fully saturated rings. The lowest BCUT2D eigenvalue weighted by Gasteiger charge is -2.12. The predicted octanol–water partition coefficient (Wildman–Crippen LogP) is 3.88. The molecule has 0 bridgehead atoms. The first kappa shape index (κ1) is 14.1. The van der Waals surface area contributed by atoms with Gasteiger partial charge >= 0.3 is 0 Å². The molecule has 2 aromatic rings. The maximum absolute atomic E-state index is 11.7. The van der Waals surface area contributed by atoms with Crippen LogP contribution < -0.4 is 9.47 Å². The molecular weight excluding hydrogens is 252 g/mol. The first-order valence-electron chi connectivity index (χ1n) is 6.40. The Morgan fingerprint density at radius 1 is 1.00 bits per heavy atom. The quantitative estimate of drug-likeness (QED) is 0.791. The van der Waals surface area contributed by atoms with Gasteiger partial charge in [-0.1, -0.05) is 12.1 Å². The fraction of sp³-hybridized carbons (Fsp3) is 0.235. The number of methoxy groups -OCH3 is 2. The number of carbonyl (C=O) groups excluding carboxylic acids is 1. The lowest BCUT2D eigenvalue weighted by Crippen LogP contribution is -1.97. The van der Waals surface area contributed by atoms with Crippen LogP contribution in [0.25, 0.3) is 11.1 Å². The summed E-state index contributed by atoms with van der Waals surface area (Å²) in [6.07, 6.45) is 0. The van der Waals surface area contributed by atoms with Crippen LogP contribution in [0.5, 0.6) is 11.5 Å². The number of carbonyl (C=O) groups is 1. The lowest BCUT2D eigenvalue weighted by molar-refractivity contribution is 0.101. The van der Waals surface area contributed by atoms with Gasteiger partial charge in [-0.25, -0.2) is 0 Å². The Morgan fingerprint density at radius 2 is 1.75 bits per heavy atom. The molecule has 0 saturated heterocycles. The molecule has 0 aliphatic rings. The van der Waals surface area contributed by atoms with E-state index in [1.54, 1.807) is 21.1 Å². The number of Topliss-reactive ketones (excluding diaryl/α,β-unsaturated/α-hetero) is 1. The molecule has 0 saturated carbocycles. The minimum atomic E-state index is 0.0665. The number of hydrogen-bond acceptors (Lipinski definition) is 3. The molecule has 2 aromatic carbocycles. The summed E-state index contributed by atoms with van der Waals surface area (Å²) in [6, 6.07) is 11.5. The Labute approximate surface area is 119 Å². The second kappa shape index (κ2) is 5.78. The summed E-state index contributed by atoms with van der Waals surface area (Å²) in [5.74, 6) is 1.53. The molecule has 0 aromatic heterocycles. The van der Waals surface area contributed by atoms with Crippen molar-refractivity contribution in [1.29, 1.82) is 0 Å². The van der Waals surface area contributed by atoms with Crippen LogP contribution >= 0.6 is 0 Å². The van der Waals surface area contributed by atoms with E-state index in [0.717, 1.165) is 33.8 Å². The second-order valence-corrected chi connectivity index (χ2v) is 4.65. The van der Waals surface area contributed by atoms with Crippen LogP contribution in [0.3, 0.4) is 0 Å². The summed E-state index contributed by atoms with van der Waals surface area (Å²) in [5, 5.41) is 0. The Bertz CT molecular complexity index is 645. The summed E-state index contributed by atoms with van der Waals surface area (Å²) < 4.78 is 10.6. The zero-order valence-corrected chi connectivity index (χ0v) is 12.2. The van der Waals surface area contributed by atoms with Crippen LogP contribution in [-0.2, 0) is 0 Å². The van der Waals surface area contributed by atoms with E-state index in [4.69, 9.17) is 9.47 Å². The molecule has 0 radical (unpaired) electrons. The van der Waals surface area contributed by atoms with Crippen LogP contribution in [-0.4, -0.2) is 20.0 Å². The van der Waals surface area contributed by atoms with Crippen molar-refractivity contribution < 1.29 is 14.3 Å². The number of ether oxygens (including phenoxy) is 2. The van der Waals surface area contributed by atoms with Gasteiger partial charge in [-0.05, 0) is 43.2 Å². The second-order valence-electron chi connectivity index (χ2n) is 4.65. The molecule has 0 unspecified atom stereocenters. The lowest BCUT2D eigenvalue weighted by atomic mass is 9.97. The van der Waals surface area contributed by atoms with Crippen LogP contribution in [0.15, 0.2) is 36.4 Å². The zero-order valence-electron chi connectivity index (χ0n) is 12.2. The molecule has 0 amide bonds. The van der Waals surface area contributed by atoms with Crippen molar-refractivity contribution in [1.82, 2.24) is 0 Å². The first-order chi connectivity index (χ1) is 9.56.